The lowest BCUT2D eigenvalue weighted by Crippen LogP contribution is -2.36. The minimum atomic E-state index is -0.764. The van der Waals surface area contributed by atoms with Gasteiger partial charge in [-0.05, 0) is 25.0 Å². The smallest absolute Gasteiger partial charge is 0.330 e. The highest BCUT2D eigenvalue weighted by molar-refractivity contribution is 7.99. The predicted molar refractivity (Wildman–Crippen MR) is 111 cm³/mol. The van der Waals surface area contributed by atoms with Gasteiger partial charge in [0, 0.05) is 12.0 Å². The van der Waals surface area contributed by atoms with Crippen LogP contribution in [0, 0.1) is 0 Å². The summed E-state index contributed by atoms with van der Waals surface area (Å²) in [6, 6.07) is 3.60. The molecule has 3 N–H and O–H groups in total. The molecule has 11 heteroatoms. The highest BCUT2D eigenvalue weighted by atomic mass is 32.2. The van der Waals surface area contributed by atoms with Gasteiger partial charge in [0.25, 0.3) is 5.56 Å². The molecule has 0 atom stereocenters. The van der Waals surface area contributed by atoms with Gasteiger partial charge in [-0.2, -0.15) is 0 Å². The fourth-order valence-electron chi connectivity index (χ4n) is 3.27. The maximum atomic E-state index is 12.8. The van der Waals surface area contributed by atoms with E-state index < -0.39 is 17.0 Å². The van der Waals surface area contributed by atoms with E-state index in [1.807, 2.05) is 24.5 Å². The Labute approximate surface area is 175 Å². The van der Waals surface area contributed by atoms with Gasteiger partial charge in [0.15, 0.2) is 10.9 Å². The molecule has 0 amide bonds. The minimum absolute atomic E-state index is 0.0569. The standard InChI is InChI=1S/C19H22N6O4S/c1-10(2)16-22-23-19(24(16)8-12-4-3-7-29-12)30-9-13(26)14-15(20)25(11-5-6-11)18(28)21-17(14)27/h3-4,7,10-11H,5-6,8-9,20H2,1-2H3,(H,21,27,28). The summed E-state index contributed by atoms with van der Waals surface area (Å²) in [6.07, 6.45) is 3.19. The molecular formula is C19H22N6O4S. The number of carbonyl (C=O) groups is 1. The summed E-state index contributed by atoms with van der Waals surface area (Å²) in [6.45, 7) is 4.44. The van der Waals surface area contributed by atoms with E-state index in [1.54, 1.807) is 12.3 Å². The third kappa shape index (κ3) is 3.84. The highest BCUT2D eigenvalue weighted by Crippen LogP contribution is 2.35. The van der Waals surface area contributed by atoms with Crippen molar-refractivity contribution < 1.29 is 9.21 Å². The number of thioether (sulfide) groups is 1. The number of nitrogens with two attached hydrogens (primary N) is 1. The van der Waals surface area contributed by atoms with Gasteiger partial charge in [0.05, 0.1) is 18.6 Å². The molecule has 0 spiro atoms. The van der Waals surface area contributed by atoms with E-state index in [-0.39, 0.29) is 29.1 Å². The Morgan fingerprint density at radius 2 is 2.13 bits per heavy atom. The Morgan fingerprint density at radius 3 is 2.77 bits per heavy atom. The summed E-state index contributed by atoms with van der Waals surface area (Å²) < 4.78 is 8.62. The van der Waals surface area contributed by atoms with Crippen molar-refractivity contribution in [3.05, 3.63) is 56.4 Å². The Hall–Kier alpha value is -3.08. The first-order valence-corrected chi connectivity index (χ1v) is 10.6. The number of Topliss-reactive ketones (excluding diaryl/α,β-unsaturated/α-hetero) is 1. The van der Waals surface area contributed by atoms with Crippen molar-refractivity contribution in [2.24, 2.45) is 0 Å². The summed E-state index contributed by atoms with van der Waals surface area (Å²) in [5.41, 5.74) is 4.50. The number of hydrogen-bond donors (Lipinski definition) is 2. The summed E-state index contributed by atoms with van der Waals surface area (Å²) in [5.74, 6) is 1.02. The number of aromatic nitrogens is 5. The maximum Gasteiger partial charge on any atom is 0.330 e. The molecule has 3 aromatic heterocycles. The average molecular weight is 430 g/mol. The second-order valence-corrected chi connectivity index (χ2v) is 8.44. The number of nitrogens with one attached hydrogen (secondary N) is 1. The number of rotatable bonds is 8. The third-order valence-corrected chi connectivity index (χ3v) is 5.83. The first kappa shape index (κ1) is 20.2. The van der Waals surface area contributed by atoms with Gasteiger partial charge < -0.3 is 10.2 Å². The molecule has 0 aromatic carbocycles. The summed E-state index contributed by atoms with van der Waals surface area (Å²) in [5, 5.41) is 8.98. The number of nitrogen functional groups attached to an aromatic ring is 1. The van der Waals surface area contributed by atoms with Crippen molar-refractivity contribution in [1.29, 1.82) is 0 Å². The monoisotopic (exact) mass is 430 g/mol. The van der Waals surface area contributed by atoms with Crippen LogP contribution in [0.5, 0.6) is 0 Å². The zero-order valence-electron chi connectivity index (χ0n) is 16.6. The molecule has 1 saturated carbocycles. The predicted octanol–water partition coefficient (Wildman–Crippen LogP) is 1.78. The SMILES string of the molecule is CC(C)c1nnc(SCC(=O)c2c(N)n(C3CC3)c(=O)[nH]c2=O)n1Cc1ccco1. The van der Waals surface area contributed by atoms with Crippen LogP contribution in [-0.2, 0) is 6.54 Å². The van der Waals surface area contributed by atoms with E-state index in [4.69, 9.17) is 10.2 Å². The van der Waals surface area contributed by atoms with Crippen LogP contribution in [-0.4, -0.2) is 35.9 Å². The molecule has 1 fully saturated rings. The zero-order valence-corrected chi connectivity index (χ0v) is 17.4. The average Bonchev–Trinajstić information content (AvgIpc) is 3.22. The van der Waals surface area contributed by atoms with E-state index in [9.17, 15) is 14.4 Å². The third-order valence-electron chi connectivity index (χ3n) is 4.86. The quantitative estimate of drug-likeness (QED) is 0.407. The number of aromatic amines is 1. The number of H-pyrrole nitrogens is 1. The molecule has 30 heavy (non-hydrogen) atoms. The number of nitrogens with zero attached hydrogens (tertiary/aromatic N) is 4. The number of anilines is 1. The fraction of sp³-hybridized carbons (Fsp3) is 0.421. The van der Waals surface area contributed by atoms with Crippen LogP contribution in [0.4, 0.5) is 5.82 Å². The van der Waals surface area contributed by atoms with Gasteiger partial charge in [-0.3, -0.25) is 23.7 Å². The Kier molecular flexibility index (Phi) is 5.37. The van der Waals surface area contributed by atoms with Crippen molar-refractivity contribution in [1.82, 2.24) is 24.3 Å². The minimum Gasteiger partial charge on any atom is -0.467 e. The van der Waals surface area contributed by atoms with E-state index in [1.165, 1.54) is 4.57 Å². The lowest BCUT2D eigenvalue weighted by molar-refractivity contribution is 0.102. The van der Waals surface area contributed by atoms with Crippen LogP contribution in [0.1, 0.15) is 60.6 Å². The van der Waals surface area contributed by atoms with Gasteiger partial charge in [-0.15, -0.1) is 10.2 Å². The lowest BCUT2D eigenvalue weighted by Gasteiger charge is -2.12. The van der Waals surface area contributed by atoms with Crippen LogP contribution < -0.4 is 17.0 Å². The molecule has 1 aliphatic rings. The van der Waals surface area contributed by atoms with Gasteiger partial charge in [-0.25, -0.2) is 4.79 Å². The molecule has 3 aromatic rings. The normalized spacial score (nSPS) is 13.8. The summed E-state index contributed by atoms with van der Waals surface area (Å²) >= 11 is 1.16. The molecule has 0 unspecified atom stereocenters. The highest BCUT2D eigenvalue weighted by Gasteiger charge is 2.30. The van der Waals surface area contributed by atoms with Gasteiger partial charge in [-0.1, -0.05) is 25.6 Å². The topological polar surface area (TPSA) is 142 Å². The van der Waals surface area contributed by atoms with Crippen LogP contribution >= 0.6 is 11.8 Å². The van der Waals surface area contributed by atoms with Crippen molar-refractivity contribution in [2.75, 3.05) is 11.5 Å². The van der Waals surface area contributed by atoms with E-state index in [0.29, 0.717) is 11.7 Å². The molecule has 1 aliphatic carbocycles. The van der Waals surface area contributed by atoms with Gasteiger partial charge in [0.1, 0.15) is 23.0 Å². The Bertz CT molecular complexity index is 1190. The number of hydrogen-bond acceptors (Lipinski definition) is 8. The van der Waals surface area contributed by atoms with Gasteiger partial charge >= 0.3 is 5.69 Å². The van der Waals surface area contributed by atoms with Crippen molar-refractivity contribution in [3.8, 4) is 0 Å². The first-order valence-electron chi connectivity index (χ1n) is 9.62. The Morgan fingerprint density at radius 1 is 1.37 bits per heavy atom. The van der Waals surface area contributed by atoms with Crippen LogP contribution in [0.15, 0.2) is 37.6 Å². The maximum absolute atomic E-state index is 12.8. The number of furan rings is 1. The molecule has 0 radical (unpaired) electrons. The molecular weight excluding hydrogens is 408 g/mol. The zero-order chi connectivity index (χ0) is 21.4. The van der Waals surface area contributed by atoms with Crippen LogP contribution in [0.25, 0.3) is 0 Å². The lowest BCUT2D eigenvalue weighted by atomic mass is 10.2. The molecule has 0 aliphatic heterocycles. The fourth-order valence-corrected chi connectivity index (χ4v) is 4.09. The van der Waals surface area contributed by atoms with E-state index >= 15 is 0 Å². The van der Waals surface area contributed by atoms with Crippen molar-refractivity contribution in [2.45, 2.75) is 50.4 Å². The van der Waals surface area contributed by atoms with Crippen molar-refractivity contribution in [3.63, 3.8) is 0 Å². The summed E-state index contributed by atoms with van der Waals surface area (Å²) in [4.78, 5) is 39.3. The first-order chi connectivity index (χ1) is 14.4. The van der Waals surface area contributed by atoms with Crippen LogP contribution in [0.2, 0.25) is 0 Å². The van der Waals surface area contributed by atoms with Crippen LogP contribution in [0.3, 0.4) is 0 Å². The Balaban J connectivity index is 1.59. The molecule has 10 nitrogen and oxygen atoms in total. The molecule has 0 saturated heterocycles. The second kappa shape index (κ2) is 7.98. The molecule has 3 heterocycles. The van der Waals surface area contributed by atoms with Crippen molar-refractivity contribution >= 4 is 23.4 Å². The van der Waals surface area contributed by atoms with Gasteiger partial charge in [0.2, 0.25) is 0 Å². The second-order valence-electron chi connectivity index (χ2n) is 7.49. The largest absolute Gasteiger partial charge is 0.467 e. The molecule has 4 rings (SSSR count). The van der Waals surface area contributed by atoms with E-state index in [0.717, 1.165) is 36.2 Å². The molecule has 0 bridgehead atoms. The number of carbonyl (C=O) groups excluding carboxylic acids is 1. The number of ketones is 1. The molecule has 158 valence electrons. The van der Waals surface area contributed by atoms with E-state index in [2.05, 4.69) is 15.2 Å². The summed E-state index contributed by atoms with van der Waals surface area (Å²) in [7, 11) is 0.